The molecule has 2 rings (SSSR count). The fourth-order valence-corrected chi connectivity index (χ4v) is 2.57. The lowest BCUT2D eigenvalue weighted by Gasteiger charge is -2.25. The normalized spacial score (nSPS) is 18.4. The number of benzene rings is 1. The molecule has 1 heterocycles. The zero-order chi connectivity index (χ0) is 14.5. The second kappa shape index (κ2) is 6.61. The number of allylic oxidation sites excluding steroid dienone is 1. The largest absolute Gasteiger partial charge is 0.463 e. The summed E-state index contributed by atoms with van der Waals surface area (Å²) in [6, 6.07) is 9.49. The first-order chi connectivity index (χ1) is 9.67. The van der Waals surface area contributed by atoms with E-state index in [1.165, 1.54) is 11.8 Å². The Hall–Kier alpha value is -1.75. The molecule has 0 aliphatic carbocycles. The molecule has 106 valence electrons. The molecular formula is C15H18N2O2S. The quantitative estimate of drug-likeness (QED) is 0.870. The van der Waals surface area contributed by atoms with Gasteiger partial charge in [-0.15, -0.1) is 0 Å². The summed E-state index contributed by atoms with van der Waals surface area (Å²) in [5, 5.41) is 3.96. The topological polar surface area (TPSA) is 50.7 Å². The van der Waals surface area contributed by atoms with Crippen LogP contribution < -0.4 is 5.32 Å². The molecule has 0 fully saturated rings. The highest BCUT2D eigenvalue weighted by atomic mass is 32.2. The van der Waals surface area contributed by atoms with Crippen LogP contribution >= 0.6 is 11.8 Å². The van der Waals surface area contributed by atoms with E-state index in [0.29, 0.717) is 12.2 Å². The van der Waals surface area contributed by atoms with Crippen molar-refractivity contribution in [3.05, 3.63) is 47.2 Å². The number of esters is 1. The molecule has 0 spiro atoms. The summed E-state index contributed by atoms with van der Waals surface area (Å²) in [5.41, 5.74) is 2.37. The van der Waals surface area contributed by atoms with Crippen LogP contribution in [0, 0.1) is 0 Å². The Morgan fingerprint density at radius 2 is 2.10 bits per heavy atom. The Balaban J connectivity index is 2.43. The monoisotopic (exact) mass is 290 g/mol. The number of hydrogen-bond donors (Lipinski definition) is 1. The van der Waals surface area contributed by atoms with E-state index in [-0.39, 0.29) is 12.0 Å². The van der Waals surface area contributed by atoms with Gasteiger partial charge in [-0.1, -0.05) is 42.1 Å². The Morgan fingerprint density at radius 1 is 1.40 bits per heavy atom. The Morgan fingerprint density at radius 3 is 2.70 bits per heavy atom. The lowest BCUT2D eigenvalue weighted by molar-refractivity contribution is -0.138. The van der Waals surface area contributed by atoms with E-state index in [4.69, 9.17) is 4.74 Å². The van der Waals surface area contributed by atoms with Gasteiger partial charge in [0.25, 0.3) is 0 Å². The second-order valence-electron chi connectivity index (χ2n) is 4.34. The number of thioether (sulfide) groups is 1. The number of ether oxygens (including phenoxy) is 1. The zero-order valence-corrected chi connectivity index (χ0v) is 12.7. The number of carbonyl (C=O) groups excluding carboxylic acids is 1. The third-order valence-electron chi connectivity index (χ3n) is 3.02. The van der Waals surface area contributed by atoms with Crippen LogP contribution in [0.3, 0.4) is 0 Å². The molecule has 5 heteroatoms. The standard InChI is InChI=1S/C15H18N2O2S/c1-4-19-14(18)12-10(2)16-15(20-3)17-13(12)11-8-6-5-7-9-11/h5-9,13H,4H2,1-3H3,(H,16,17)/t13-/m0/s1. The molecule has 1 aromatic rings. The van der Waals surface area contributed by atoms with Crippen LogP contribution in [0.15, 0.2) is 46.6 Å². The van der Waals surface area contributed by atoms with Gasteiger partial charge in [-0.05, 0) is 25.7 Å². The van der Waals surface area contributed by atoms with Crippen molar-refractivity contribution in [3.63, 3.8) is 0 Å². The van der Waals surface area contributed by atoms with Crippen molar-refractivity contribution in [1.82, 2.24) is 5.32 Å². The van der Waals surface area contributed by atoms with Gasteiger partial charge in [-0.3, -0.25) is 0 Å². The van der Waals surface area contributed by atoms with Crippen molar-refractivity contribution in [3.8, 4) is 0 Å². The minimum absolute atomic E-state index is 0.307. The van der Waals surface area contributed by atoms with Gasteiger partial charge in [0.05, 0.1) is 12.2 Å². The van der Waals surface area contributed by atoms with Gasteiger partial charge in [0.2, 0.25) is 0 Å². The molecule has 1 aliphatic rings. The summed E-state index contributed by atoms with van der Waals surface area (Å²) in [6.07, 6.45) is 1.95. The smallest absolute Gasteiger partial charge is 0.338 e. The van der Waals surface area contributed by atoms with Gasteiger partial charge in [0.15, 0.2) is 5.17 Å². The fraction of sp³-hybridized carbons (Fsp3) is 0.333. The molecule has 1 N–H and O–H groups in total. The maximum atomic E-state index is 12.2. The molecule has 1 aromatic carbocycles. The third-order valence-corrected chi connectivity index (χ3v) is 3.62. The SMILES string of the molecule is CCOC(=O)C1=C(C)NC(SC)=N[C@H]1c1ccccc1. The first kappa shape index (κ1) is 14.7. The van der Waals surface area contributed by atoms with Crippen molar-refractivity contribution >= 4 is 22.9 Å². The molecule has 1 atom stereocenters. The van der Waals surface area contributed by atoms with E-state index in [2.05, 4.69) is 10.3 Å². The molecule has 0 saturated carbocycles. The second-order valence-corrected chi connectivity index (χ2v) is 5.13. The van der Waals surface area contributed by atoms with E-state index in [1.807, 2.05) is 43.5 Å². The first-order valence-corrected chi connectivity index (χ1v) is 7.71. The third kappa shape index (κ3) is 3.04. The van der Waals surface area contributed by atoms with Gasteiger partial charge in [-0.2, -0.15) is 0 Å². The van der Waals surface area contributed by atoms with E-state index >= 15 is 0 Å². The number of nitrogens with one attached hydrogen (secondary N) is 1. The Kier molecular flexibility index (Phi) is 4.84. The predicted octanol–water partition coefficient (Wildman–Crippen LogP) is 2.89. The van der Waals surface area contributed by atoms with Gasteiger partial charge < -0.3 is 10.1 Å². The molecule has 0 amide bonds. The fourth-order valence-electron chi connectivity index (χ4n) is 2.10. The van der Waals surface area contributed by atoms with Crippen molar-refractivity contribution in [2.24, 2.45) is 4.99 Å². The van der Waals surface area contributed by atoms with Crippen LogP contribution in [0.2, 0.25) is 0 Å². The molecular weight excluding hydrogens is 272 g/mol. The molecule has 0 saturated heterocycles. The van der Waals surface area contributed by atoms with Crippen molar-refractivity contribution in [1.29, 1.82) is 0 Å². The van der Waals surface area contributed by atoms with E-state index in [0.717, 1.165) is 16.4 Å². The molecule has 4 nitrogen and oxygen atoms in total. The van der Waals surface area contributed by atoms with E-state index < -0.39 is 0 Å². The first-order valence-electron chi connectivity index (χ1n) is 6.49. The number of nitrogens with zero attached hydrogens (tertiary/aromatic N) is 1. The summed E-state index contributed by atoms with van der Waals surface area (Å²) < 4.78 is 5.16. The molecule has 0 radical (unpaired) electrons. The number of rotatable bonds is 3. The lowest BCUT2D eigenvalue weighted by atomic mass is 9.97. The van der Waals surface area contributed by atoms with Crippen LogP contribution in [-0.4, -0.2) is 24.0 Å². The van der Waals surface area contributed by atoms with Crippen LogP contribution in [0.4, 0.5) is 0 Å². The number of aliphatic imine (C=N–C) groups is 1. The highest BCUT2D eigenvalue weighted by molar-refractivity contribution is 8.13. The van der Waals surface area contributed by atoms with Crippen molar-refractivity contribution < 1.29 is 9.53 Å². The summed E-state index contributed by atoms with van der Waals surface area (Å²) in [5.74, 6) is -0.310. The van der Waals surface area contributed by atoms with Gasteiger partial charge in [0.1, 0.15) is 6.04 Å². The molecule has 1 aliphatic heterocycles. The van der Waals surface area contributed by atoms with E-state index in [1.54, 1.807) is 6.92 Å². The molecule has 0 unspecified atom stereocenters. The summed E-state index contributed by atoms with van der Waals surface area (Å²) >= 11 is 1.53. The highest BCUT2D eigenvalue weighted by Gasteiger charge is 2.29. The minimum Gasteiger partial charge on any atom is -0.463 e. The molecule has 0 aromatic heterocycles. The molecule has 0 bridgehead atoms. The summed E-state index contributed by atoms with van der Waals surface area (Å²) in [6.45, 7) is 4.04. The van der Waals surface area contributed by atoms with Crippen LogP contribution in [0.1, 0.15) is 25.5 Å². The van der Waals surface area contributed by atoms with Crippen LogP contribution in [0.5, 0.6) is 0 Å². The van der Waals surface area contributed by atoms with Crippen LogP contribution in [0.25, 0.3) is 0 Å². The van der Waals surface area contributed by atoms with Crippen molar-refractivity contribution in [2.75, 3.05) is 12.9 Å². The summed E-state index contributed by atoms with van der Waals surface area (Å²) in [4.78, 5) is 16.8. The zero-order valence-electron chi connectivity index (χ0n) is 11.8. The van der Waals surface area contributed by atoms with Crippen molar-refractivity contribution in [2.45, 2.75) is 19.9 Å². The maximum Gasteiger partial charge on any atom is 0.338 e. The van der Waals surface area contributed by atoms with Gasteiger partial charge >= 0.3 is 5.97 Å². The van der Waals surface area contributed by atoms with Gasteiger partial charge in [0, 0.05) is 5.70 Å². The Labute approximate surface area is 123 Å². The minimum atomic E-state index is -0.310. The van der Waals surface area contributed by atoms with Crippen LogP contribution in [-0.2, 0) is 9.53 Å². The number of carbonyl (C=O) groups is 1. The van der Waals surface area contributed by atoms with Gasteiger partial charge in [-0.25, -0.2) is 9.79 Å². The maximum absolute atomic E-state index is 12.2. The Bertz CT molecular complexity index is 552. The number of amidine groups is 1. The lowest BCUT2D eigenvalue weighted by Crippen LogP contribution is -2.30. The number of hydrogen-bond acceptors (Lipinski definition) is 5. The van der Waals surface area contributed by atoms with E-state index in [9.17, 15) is 4.79 Å². The highest BCUT2D eigenvalue weighted by Crippen LogP contribution is 2.32. The average Bonchev–Trinajstić information content (AvgIpc) is 2.47. The predicted molar refractivity (Wildman–Crippen MR) is 82.6 cm³/mol. The average molecular weight is 290 g/mol. The summed E-state index contributed by atoms with van der Waals surface area (Å²) in [7, 11) is 0. The molecule has 20 heavy (non-hydrogen) atoms.